The van der Waals surface area contributed by atoms with Gasteiger partial charge in [-0.2, -0.15) is 0 Å². The maximum atomic E-state index is 11.0. The Morgan fingerprint density at radius 1 is 1.53 bits per heavy atom. The minimum absolute atomic E-state index is 0.530. The Labute approximate surface area is 91.1 Å². The van der Waals surface area contributed by atoms with Crippen LogP contribution in [0.5, 0.6) is 0 Å². The number of amides is 1. The molecule has 0 saturated heterocycles. The smallest absolute Gasteiger partial charge is 0.329 e. The zero-order chi connectivity index (χ0) is 12.2. The van der Waals surface area contributed by atoms with Crippen molar-refractivity contribution < 1.29 is 14.7 Å². The monoisotopic (exact) mass is 235 g/mol. The van der Waals surface area contributed by atoms with E-state index in [4.69, 9.17) is 10.9 Å². The first-order chi connectivity index (χ1) is 6.74. The van der Waals surface area contributed by atoms with Crippen LogP contribution in [0.1, 0.15) is 20.8 Å². The third-order valence-corrected chi connectivity index (χ3v) is 2.58. The van der Waals surface area contributed by atoms with E-state index < -0.39 is 22.7 Å². The number of carbonyl (C=O) groups excluding carboxylic acids is 1. The van der Waals surface area contributed by atoms with E-state index in [1.54, 1.807) is 0 Å². The minimum atomic E-state index is -1.31. The Balaban J connectivity index is 5.04. The van der Waals surface area contributed by atoms with Crippen molar-refractivity contribution in [3.8, 4) is 0 Å². The second kappa shape index (κ2) is 5.08. The Morgan fingerprint density at radius 2 is 2.00 bits per heavy atom. The highest BCUT2D eigenvalue weighted by molar-refractivity contribution is 7.99. The summed E-state index contributed by atoms with van der Waals surface area (Å²) in [6.45, 7) is 4.09. The molecule has 0 aliphatic rings. The van der Waals surface area contributed by atoms with Gasteiger partial charge in [-0.05, 0) is 13.8 Å². The second-order valence-electron chi connectivity index (χ2n) is 3.44. The van der Waals surface area contributed by atoms with Gasteiger partial charge in [0.05, 0.1) is 4.75 Å². The van der Waals surface area contributed by atoms with Gasteiger partial charge in [-0.25, -0.2) is 10.6 Å². The number of carboxylic acid groups (broad SMARTS) is 1. The van der Waals surface area contributed by atoms with Crippen molar-refractivity contribution in [1.29, 1.82) is 0 Å². The zero-order valence-corrected chi connectivity index (χ0v) is 9.45. The Hall–Kier alpha value is -1.15. The molecule has 0 aromatic rings. The van der Waals surface area contributed by atoms with Gasteiger partial charge in [0, 0.05) is 23.5 Å². The standard InChI is InChI=1S/C7H13N3O4S/c1-4(11)10(8)5(6(12)13)7(2,3)15-9-14/h5H,8H2,1-3H3,(H,12,13)/t5-/m1/s1. The van der Waals surface area contributed by atoms with Gasteiger partial charge in [-0.1, -0.05) is 0 Å². The van der Waals surface area contributed by atoms with Crippen molar-refractivity contribution in [3.63, 3.8) is 0 Å². The molecular formula is C7H13N3O4S. The number of nitrogens with zero attached hydrogens (tertiary/aromatic N) is 2. The molecule has 15 heavy (non-hydrogen) atoms. The topological polar surface area (TPSA) is 113 Å². The quantitative estimate of drug-likeness (QED) is 0.234. The molecule has 0 fully saturated rings. The van der Waals surface area contributed by atoms with E-state index in [1.807, 2.05) is 0 Å². The summed E-state index contributed by atoms with van der Waals surface area (Å²) in [5, 5.41) is 9.51. The summed E-state index contributed by atoms with van der Waals surface area (Å²) in [5.41, 5.74) is 0. The average Bonchev–Trinajstić information content (AvgIpc) is 2.01. The van der Waals surface area contributed by atoms with E-state index in [2.05, 4.69) is 4.58 Å². The summed E-state index contributed by atoms with van der Waals surface area (Å²) in [6.07, 6.45) is 0. The molecule has 0 unspecified atom stereocenters. The molecule has 0 aromatic heterocycles. The second-order valence-corrected chi connectivity index (χ2v) is 4.82. The van der Waals surface area contributed by atoms with Crippen LogP contribution >= 0.6 is 11.9 Å². The van der Waals surface area contributed by atoms with Crippen LogP contribution in [0.2, 0.25) is 0 Å². The lowest BCUT2D eigenvalue weighted by molar-refractivity contribution is -0.150. The van der Waals surface area contributed by atoms with Crippen LogP contribution in [0.25, 0.3) is 0 Å². The van der Waals surface area contributed by atoms with E-state index >= 15 is 0 Å². The summed E-state index contributed by atoms with van der Waals surface area (Å²) in [5.74, 6) is 3.45. The lowest BCUT2D eigenvalue weighted by Gasteiger charge is -2.33. The molecule has 3 N–H and O–H groups in total. The summed E-state index contributed by atoms with van der Waals surface area (Å²) in [7, 11) is 0. The Bertz CT molecular complexity index is 281. The predicted molar refractivity (Wildman–Crippen MR) is 55.6 cm³/mol. The molecule has 0 saturated carbocycles. The number of nitrogens with two attached hydrogens (primary N) is 1. The van der Waals surface area contributed by atoms with Crippen molar-refractivity contribution in [1.82, 2.24) is 5.01 Å². The van der Waals surface area contributed by atoms with Crippen LogP contribution in [0.15, 0.2) is 4.58 Å². The first-order valence-electron chi connectivity index (χ1n) is 4.02. The number of hydrogen-bond donors (Lipinski definition) is 2. The molecular weight excluding hydrogens is 222 g/mol. The van der Waals surface area contributed by atoms with Gasteiger partial charge in [0.25, 0.3) is 0 Å². The van der Waals surface area contributed by atoms with Gasteiger partial charge in [-0.3, -0.25) is 9.80 Å². The van der Waals surface area contributed by atoms with Crippen molar-refractivity contribution in [2.24, 2.45) is 10.4 Å². The molecule has 0 aliphatic carbocycles. The zero-order valence-electron chi connectivity index (χ0n) is 8.63. The molecule has 7 nitrogen and oxygen atoms in total. The SMILES string of the molecule is CC(=O)N(N)[C@H](C(=O)O)C(C)(C)SN=O. The molecule has 86 valence electrons. The maximum absolute atomic E-state index is 11.0. The summed E-state index contributed by atoms with van der Waals surface area (Å²) in [6, 6.07) is -1.31. The number of aliphatic carboxylic acids is 1. The molecule has 0 spiro atoms. The van der Waals surface area contributed by atoms with Gasteiger partial charge in [0.2, 0.25) is 5.91 Å². The molecule has 8 heteroatoms. The average molecular weight is 235 g/mol. The minimum Gasteiger partial charge on any atom is -0.480 e. The Morgan fingerprint density at radius 3 is 2.27 bits per heavy atom. The normalized spacial score (nSPS) is 13.1. The van der Waals surface area contributed by atoms with E-state index in [-0.39, 0.29) is 0 Å². The van der Waals surface area contributed by atoms with Crippen molar-refractivity contribution in [2.45, 2.75) is 31.6 Å². The van der Waals surface area contributed by atoms with Gasteiger partial charge < -0.3 is 5.11 Å². The lowest BCUT2D eigenvalue weighted by atomic mass is 10.0. The fraction of sp³-hybridized carbons (Fsp3) is 0.714. The van der Waals surface area contributed by atoms with E-state index in [1.165, 1.54) is 13.8 Å². The highest BCUT2D eigenvalue weighted by Gasteiger charge is 2.41. The summed E-state index contributed by atoms with van der Waals surface area (Å²) >= 11 is 0.530. The number of hydrogen-bond acceptors (Lipinski definition) is 6. The van der Waals surface area contributed by atoms with Gasteiger partial charge in [0.1, 0.15) is 0 Å². The van der Waals surface area contributed by atoms with E-state index in [0.29, 0.717) is 17.0 Å². The van der Waals surface area contributed by atoms with Crippen LogP contribution < -0.4 is 5.84 Å². The summed E-state index contributed by atoms with van der Waals surface area (Å²) < 4.78 is 1.47. The largest absolute Gasteiger partial charge is 0.480 e. The van der Waals surface area contributed by atoms with Crippen molar-refractivity contribution in [3.05, 3.63) is 4.91 Å². The number of rotatable bonds is 5. The predicted octanol–water partition coefficient (Wildman–Crippen LogP) is 0.355. The molecule has 0 heterocycles. The highest BCUT2D eigenvalue weighted by atomic mass is 32.2. The third kappa shape index (κ3) is 3.48. The van der Waals surface area contributed by atoms with Crippen LogP contribution in [-0.2, 0) is 9.59 Å². The number of carboxylic acids is 1. The van der Waals surface area contributed by atoms with Gasteiger partial charge in [0.15, 0.2) is 6.04 Å². The molecule has 1 amide bonds. The fourth-order valence-corrected chi connectivity index (χ4v) is 1.59. The van der Waals surface area contributed by atoms with E-state index in [0.717, 1.165) is 6.92 Å². The molecule has 0 bridgehead atoms. The molecule has 0 aromatic carbocycles. The number of nitroso groups, excluding NO2 is 1. The maximum Gasteiger partial charge on any atom is 0.329 e. The van der Waals surface area contributed by atoms with Gasteiger partial charge in [-0.15, -0.1) is 4.91 Å². The van der Waals surface area contributed by atoms with Crippen LogP contribution in [0.4, 0.5) is 0 Å². The summed E-state index contributed by atoms with van der Waals surface area (Å²) in [4.78, 5) is 32.0. The Kier molecular flexibility index (Phi) is 4.69. The molecule has 0 aliphatic heterocycles. The van der Waals surface area contributed by atoms with Crippen LogP contribution in [0.3, 0.4) is 0 Å². The van der Waals surface area contributed by atoms with Crippen molar-refractivity contribution in [2.75, 3.05) is 0 Å². The highest BCUT2D eigenvalue weighted by Crippen LogP contribution is 2.31. The van der Waals surface area contributed by atoms with Crippen LogP contribution in [0, 0.1) is 4.91 Å². The first-order valence-corrected chi connectivity index (χ1v) is 4.79. The molecule has 0 radical (unpaired) electrons. The fourth-order valence-electron chi connectivity index (χ4n) is 1.08. The number of hydrazine groups is 1. The third-order valence-electron chi connectivity index (χ3n) is 1.81. The number of carbonyl (C=O) groups is 2. The van der Waals surface area contributed by atoms with E-state index in [9.17, 15) is 14.5 Å². The molecule has 1 atom stereocenters. The molecule has 0 rings (SSSR count). The lowest BCUT2D eigenvalue weighted by Crippen LogP contribution is -2.57. The first kappa shape index (κ1) is 13.8. The van der Waals surface area contributed by atoms with Gasteiger partial charge >= 0.3 is 5.97 Å². The van der Waals surface area contributed by atoms with Crippen molar-refractivity contribution >= 4 is 23.8 Å². The van der Waals surface area contributed by atoms with Crippen LogP contribution in [-0.4, -0.2) is 32.8 Å².